The fourth-order valence-corrected chi connectivity index (χ4v) is 5.11. The largest absolute Gasteiger partial charge is 0.322 e. The van der Waals surface area contributed by atoms with Gasteiger partial charge in [0.1, 0.15) is 0 Å². The first-order valence-corrected chi connectivity index (χ1v) is 9.81. The van der Waals surface area contributed by atoms with Gasteiger partial charge in [0.2, 0.25) is 0 Å². The van der Waals surface area contributed by atoms with Gasteiger partial charge in [-0.3, -0.25) is 4.79 Å². The van der Waals surface area contributed by atoms with Crippen LogP contribution in [0.5, 0.6) is 0 Å². The molecule has 126 valence electrons. The zero-order valence-electron chi connectivity index (χ0n) is 13.0. The average molecular weight is 364 g/mol. The summed E-state index contributed by atoms with van der Waals surface area (Å²) in [6.45, 7) is 0. The first-order valence-electron chi connectivity index (χ1n) is 7.88. The predicted octanol–water partition coefficient (Wildman–Crippen LogP) is 4.31. The number of nitrogens with one attached hydrogen (secondary N) is 1. The summed E-state index contributed by atoms with van der Waals surface area (Å²) in [5.74, 6) is -0.365. The third-order valence-electron chi connectivity index (χ3n) is 4.28. The topological polar surface area (TPSA) is 63.2 Å². The number of rotatable bonds is 4. The van der Waals surface area contributed by atoms with Crippen LogP contribution in [0, 0.1) is 0 Å². The van der Waals surface area contributed by atoms with Crippen molar-refractivity contribution in [3.8, 4) is 0 Å². The van der Waals surface area contributed by atoms with Gasteiger partial charge < -0.3 is 5.32 Å². The molecule has 2 aromatic carbocycles. The molecule has 0 heterocycles. The third kappa shape index (κ3) is 3.47. The Morgan fingerprint density at radius 2 is 1.75 bits per heavy atom. The van der Waals surface area contributed by atoms with Crippen molar-refractivity contribution in [2.45, 2.75) is 35.8 Å². The number of hydrogen-bond acceptors (Lipinski definition) is 3. The van der Waals surface area contributed by atoms with E-state index in [1.54, 1.807) is 42.5 Å². The van der Waals surface area contributed by atoms with Crippen LogP contribution in [0.2, 0.25) is 5.02 Å². The molecule has 0 aliphatic heterocycles. The molecule has 6 heteroatoms. The van der Waals surface area contributed by atoms with Crippen molar-refractivity contribution in [2.24, 2.45) is 0 Å². The number of hydrogen-bond donors (Lipinski definition) is 1. The summed E-state index contributed by atoms with van der Waals surface area (Å²) >= 11 is 6.02. The maximum atomic E-state index is 12.7. The van der Waals surface area contributed by atoms with Crippen molar-refractivity contribution in [2.75, 3.05) is 5.32 Å². The highest BCUT2D eigenvalue weighted by molar-refractivity contribution is 7.92. The number of carbonyl (C=O) groups excluding carboxylic acids is 1. The molecule has 0 bridgehead atoms. The van der Waals surface area contributed by atoms with Crippen LogP contribution >= 0.6 is 11.6 Å². The van der Waals surface area contributed by atoms with Gasteiger partial charge in [0, 0.05) is 5.69 Å². The molecule has 1 amide bonds. The van der Waals surface area contributed by atoms with Crippen LogP contribution in [0.3, 0.4) is 0 Å². The minimum Gasteiger partial charge on any atom is -0.322 e. The zero-order chi connectivity index (χ0) is 17.2. The number of carbonyl (C=O) groups is 1. The highest BCUT2D eigenvalue weighted by Gasteiger charge is 2.30. The van der Waals surface area contributed by atoms with E-state index in [4.69, 9.17) is 11.6 Å². The summed E-state index contributed by atoms with van der Waals surface area (Å²) in [7, 11) is -3.35. The van der Waals surface area contributed by atoms with Crippen LogP contribution in [0.25, 0.3) is 0 Å². The molecule has 0 unspecified atom stereocenters. The summed E-state index contributed by atoms with van der Waals surface area (Å²) in [6.07, 6.45) is 3.32. The molecule has 24 heavy (non-hydrogen) atoms. The highest BCUT2D eigenvalue weighted by atomic mass is 35.5. The minimum atomic E-state index is -3.35. The van der Waals surface area contributed by atoms with Crippen LogP contribution in [-0.2, 0) is 9.84 Å². The van der Waals surface area contributed by atoms with Gasteiger partial charge in [0.25, 0.3) is 5.91 Å². The van der Waals surface area contributed by atoms with Crippen molar-refractivity contribution >= 4 is 33.0 Å². The van der Waals surface area contributed by atoms with Crippen molar-refractivity contribution in [3.63, 3.8) is 0 Å². The van der Waals surface area contributed by atoms with Crippen molar-refractivity contribution in [1.82, 2.24) is 0 Å². The fraction of sp³-hybridized carbons (Fsp3) is 0.278. The van der Waals surface area contributed by atoms with Gasteiger partial charge in [-0.15, -0.1) is 0 Å². The molecule has 1 N–H and O–H groups in total. The Labute approximate surface area is 146 Å². The Morgan fingerprint density at radius 1 is 1.04 bits per heavy atom. The van der Waals surface area contributed by atoms with E-state index in [1.807, 2.05) is 0 Å². The Morgan fingerprint density at radius 3 is 2.46 bits per heavy atom. The number of benzene rings is 2. The summed E-state index contributed by atoms with van der Waals surface area (Å²) in [5.41, 5.74) is 0.794. The third-order valence-corrected chi connectivity index (χ3v) is 6.87. The Hall–Kier alpha value is -1.85. The molecule has 3 rings (SSSR count). The van der Waals surface area contributed by atoms with E-state index in [2.05, 4.69) is 5.32 Å². The lowest BCUT2D eigenvalue weighted by Crippen LogP contribution is -2.18. The van der Waals surface area contributed by atoms with E-state index >= 15 is 0 Å². The standard InChI is InChI=1S/C18H18ClNO3S/c19-17-11-4-3-10-16(17)18(21)20-13-6-5-9-15(12-13)24(22,23)14-7-1-2-8-14/h3-6,9-12,14H,1-2,7-8H2,(H,20,21). The second-order valence-corrected chi connectivity index (χ2v) is 8.55. The van der Waals surface area contributed by atoms with Crippen LogP contribution < -0.4 is 5.32 Å². The summed E-state index contributed by atoms with van der Waals surface area (Å²) in [4.78, 5) is 12.6. The summed E-state index contributed by atoms with van der Waals surface area (Å²) in [5, 5.41) is 2.75. The molecule has 0 saturated heterocycles. The second kappa shape index (κ2) is 6.95. The van der Waals surface area contributed by atoms with E-state index in [1.165, 1.54) is 6.07 Å². The molecule has 4 nitrogen and oxygen atoms in total. The lowest BCUT2D eigenvalue weighted by molar-refractivity contribution is 0.102. The van der Waals surface area contributed by atoms with Crippen molar-refractivity contribution < 1.29 is 13.2 Å². The van der Waals surface area contributed by atoms with Gasteiger partial charge in [0.05, 0.1) is 20.7 Å². The van der Waals surface area contributed by atoms with Gasteiger partial charge in [0.15, 0.2) is 9.84 Å². The normalized spacial score (nSPS) is 15.4. The molecule has 0 atom stereocenters. The van der Waals surface area contributed by atoms with Gasteiger partial charge >= 0.3 is 0 Å². The SMILES string of the molecule is O=C(Nc1cccc(S(=O)(=O)C2CCCC2)c1)c1ccccc1Cl. The molecule has 1 fully saturated rings. The Kier molecular flexibility index (Phi) is 4.92. The molecule has 1 aliphatic rings. The minimum absolute atomic E-state index is 0.256. The summed E-state index contributed by atoms with van der Waals surface area (Å²) in [6, 6.07) is 13.1. The number of amides is 1. The lowest BCUT2D eigenvalue weighted by Gasteiger charge is -2.13. The Balaban J connectivity index is 1.83. The molecule has 1 saturated carbocycles. The molecule has 0 spiro atoms. The smallest absolute Gasteiger partial charge is 0.257 e. The van der Waals surface area contributed by atoms with Crippen molar-refractivity contribution in [3.05, 3.63) is 59.1 Å². The van der Waals surface area contributed by atoms with Crippen LogP contribution in [0.15, 0.2) is 53.4 Å². The molecule has 0 aromatic heterocycles. The van der Waals surface area contributed by atoms with Crippen LogP contribution in [-0.4, -0.2) is 19.6 Å². The van der Waals surface area contributed by atoms with Gasteiger partial charge in [-0.2, -0.15) is 0 Å². The fourth-order valence-electron chi connectivity index (χ4n) is 2.99. The van der Waals surface area contributed by atoms with Crippen LogP contribution in [0.1, 0.15) is 36.0 Å². The molecule has 2 aromatic rings. The van der Waals surface area contributed by atoms with E-state index in [0.717, 1.165) is 12.8 Å². The second-order valence-electron chi connectivity index (χ2n) is 5.91. The first kappa shape index (κ1) is 17.0. The quantitative estimate of drug-likeness (QED) is 0.880. The Bertz CT molecular complexity index is 858. The highest BCUT2D eigenvalue weighted by Crippen LogP contribution is 2.30. The number of halogens is 1. The van der Waals surface area contributed by atoms with Crippen LogP contribution in [0.4, 0.5) is 5.69 Å². The van der Waals surface area contributed by atoms with Gasteiger partial charge in [-0.1, -0.05) is 42.6 Å². The number of sulfone groups is 1. The van der Waals surface area contributed by atoms with Gasteiger partial charge in [-0.25, -0.2) is 8.42 Å². The maximum Gasteiger partial charge on any atom is 0.257 e. The molecule has 1 aliphatic carbocycles. The van der Waals surface area contributed by atoms with Crippen molar-refractivity contribution in [1.29, 1.82) is 0 Å². The monoisotopic (exact) mass is 363 g/mol. The van der Waals surface area contributed by atoms with E-state index < -0.39 is 9.84 Å². The first-order chi connectivity index (χ1) is 11.5. The summed E-state index contributed by atoms with van der Waals surface area (Å²) < 4.78 is 25.3. The van der Waals surface area contributed by atoms with E-state index in [0.29, 0.717) is 29.1 Å². The maximum absolute atomic E-state index is 12.7. The number of anilines is 1. The van der Waals surface area contributed by atoms with E-state index in [9.17, 15) is 13.2 Å². The lowest BCUT2D eigenvalue weighted by atomic mass is 10.2. The van der Waals surface area contributed by atoms with Gasteiger partial charge in [-0.05, 0) is 43.2 Å². The zero-order valence-corrected chi connectivity index (χ0v) is 14.6. The molecular formula is C18H18ClNO3S. The predicted molar refractivity (Wildman–Crippen MR) is 95.3 cm³/mol. The van der Waals surface area contributed by atoms with E-state index in [-0.39, 0.29) is 16.1 Å². The molecular weight excluding hydrogens is 346 g/mol. The average Bonchev–Trinajstić information content (AvgIpc) is 3.11. The molecule has 0 radical (unpaired) electrons.